The SMILES string of the molecule is CC.O=P1(c2ccccc2)c2cccc1c2. The highest BCUT2D eigenvalue weighted by Gasteiger charge is 2.40. The van der Waals surface area contributed by atoms with E-state index in [1.54, 1.807) is 0 Å². The minimum Gasteiger partial charge on any atom is -0.309 e. The highest BCUT2D eigenvalue weighted by Crippen LogP contribution is 2.69. The minimum atomic E-state index is -2.32. The molecule has 2 aliphatic heterocycles. The second-order valence-electron chi connectivity index (χ2n) is 3.46. The van der Waals surface area contributed by atoms with Crippen LogP contribution < -0.4 is 5.30 Å². The molecular weight excluding hydrogens is 215 g/mol. The molecule has 2 heterocycles. The van der Waals surface area contributed by atoms with Crippen LogP contribution in [0, 0.1) is 0 Å². The molecule has 0 radical (unpaired) electrons. The van der Waals surface area contributed by atoms with Gasteiger partial charge in [0.15, 0.2) is 7.14 Å². The van der Waals surface area contributed by atoms with Gasteiger partial charge >= 0.3 is 0 Å². The third kappa shape index (κ3) is 1.44. The van der Waals surface area contributed by atoms with E-state index in [-0.39, 0.29) is 0 Å². The summed E-state index contributed by atoms with van der Waals surface area (Å²) in [6.07, 6.45) is 7.86. The Balaban J connectivity index is 0.000000457. The lowest BCUT2D eigenvalue weighted by atomic mass is 10.3. The van der Waals surface area contributed by atoms with E-state index in [2.05, 4.69) is 0 Å². The van der Waals surface area contributed by atoms with Crippen molar-refractivity contribution in [3.8, 4) is 0 Å². The summed E-state index contributed by atoms with van der Waals surface area (Å²) in [6, 6.07) is 9.72. The van der Waals surface area contributed by atoms with Crippen molar-refractivity contribution in [1.82, 2.24) is 0 Å². The van der Waals surface area contributed by atoms with E-state index < -0.39 is 7.14 Å². The van der Waals surface area contributed by atoms with Crippen molar-refractivity contribution in [3.05, 3.63) is 65.3 Å². The highest BCUT2D eigenvalue weighted by molar-refractivity contribution is 7.81. The third-order valence-corrected chi connectivity index (χ3v) is 5.71. The molecule has 0 saturated heterocycles. The minimum absolute atomic E-state index is 0.952. The van der Waals surface area contributed by atoms with Gasteiger partial charge in [-0.15, -0.1) is 0 Å². The smallest absolute Gasteiger partial charge is 0.171 e. The highest BCUT2D eigenvalue weighted by atomic mass is 31.2. The van der Waals surface area contributed by atoms with Crippen LogP contribution in [0.5, 0.6) is 0 Å². The first-order valence-corrected chi connectivity index (χ1v) is 7.29. The maximum atomic E-state index is 12.6. The molecule has 0 aromatic heterocycles. The standard InChI is InChI=1S/C12H9OP.C2H6/c13-14(10-5-2-1-3-6-10)11-7-4-8-12(14)9-11;1-2/h1-9H;1-2H3. The lowest BCUT2D eigenvalue weighted by Gasteiger charge is -2.31. The second-order valence-corrected chi connectivity index (χ2v) is 6.23. The van der Waals surface area contributed by atoms with Crippen molar-refractivity contribution < 1.29 is 4.57 Å². The maximum absolute atomic E-state index is 12.6. The van der Waals surface area contributed by atoms with Crippen molar-refractivity contribution in [2.24, 2.45) is 0 Å². The van der Waals surface area contributed by atoms with E-state index in [1.165, 1.54) is 0 Å². The van der Waals surface area contributed by atoms with Crippen LogP contribution >= 0.6 is 7.14 Å². The van der Waals surface area contributed by atoms with Gasteiger partial charge in [0, 0.05) is 15.9 Å². The van der Waals surface area contributed by atoms with Crippen LogP contribution in [-0.4, -0.2) is 0 Å². The Morgan fingerprint density at radius 3 is 2.19 bits per heavy atom. The topological polar surface area (TPSA) is 17.1 Å². The van der Waals surface area contributed by atoms with Gasteiger partial charge in [-0.1, -0.05) is 62.4 Å². The Bertz CT molecular complexity index is 505. The van der Waals surface area contributed by atoms with Gasteiger partial charge in [0.25, 0.3) is 0 Å². The molecule has 1 unspecified atom stereocenters. The zero-order valence-corrected chi connectivity index (χ0v) is 10.4. The number of allylic oxidation sites excluding steroid dienone is 6. The van der Waals surface area contributed by atoms with Gasteiger partial charge in [0.05, 0.1) is 0 Å². The molecule has 2 heteroatoms. The van der Waals surface area contributed by atoms with Crippen LogP contribution in [0.1, 0.15) is 13.8 Å². The van der Waals surface area contributed by atoms with Gasteiger partial charge in [-0.05, 0) is 6.08 Å². The van der Waals surface area contributed by atoms with Crippen molar-refractivity contribution in [1.29, 1.82) is 0 Å². The molecule has 82 valence electrons. The van der Waals surface area contributed by atoms with Gasteiger partial charge in [-0.25, -0.2) is 0 Å². The van der Waals surface area contributed by atoms with Crippen molar-refractivity contribution in [2.75, 3.05) is 0 Å². The normalized spacial score (nSPS) is 24.6. The van der Waals surface area contributed by atoms with Gasteiger partial charge < -0.3 is 4.57 Å². The number of hydrogen-bond acceptors (Lipinski definition) is 1. The molecule has 1 aromatic carbocycles. The molecule has 0 saturated carbocycles. The molecule has 0 spiro atoms. The Labute approximate surface area is 96.6 Å². The summed E-state index contributed by atoms with van der Waals surface area (Å²) in [5.41, 5.74) is 0. The Morgan fingerprint density at radius 2 is 1.69 bits per heavy atom. The number of fused-ring (bicyclic) bond motifs is 2. The molecule has 2 aliphatic rings. The van der Waals surface area contributed by atoms with Crippen LogP contribution in [0.2, 0.25) is 0 Å². The molecule has 0 aliphatic carbocycles. The third-order valence-electron chi connectivity index (χ3n) is 2.68. The predicted molar refractivity (Wildman–Crippen MR) is 70.3 cm³/mol. The van der Waals surface area contributed by atoms with Crippen LogP contribution in [0.4, 0.5) is 0 Å². The summed E-state index contributed by atoms with van der Waals surface area (Å²) in [6.45, 7) is 4.00. The lowest BCUT2D eigenvalue weighted by Crippen LogP contribution is -2.14. The summed E-state index contributed by atoms with van der Waals surface area (Å²) in [4.78, 5) is 0. The van der Waals surface area contributed by atoms with Gasteiger partial charge in [-0.3, -0.25) is 0 Å². The number of benzene rings is 1. The van der Waals surface area contributed by atoms with Crippen LogP contribution in [-0.2, 0) is 4.57 Å². The predicted octanol–water partition coefficient (Wildman–Crippen LogP) is 4.05. The monoisotopic (exact) mass is 230 g/mol. The molecule has 3 rings (SSSR count). The molecule has 0 fully saturated rings. The summed E-state index contributed by atoms with van der Waals surface area (Å²) >= 11 is 0. The van der Waals surface area contributed by atoms with Crippen molar-refractivity contribution in [2.45, 2.75) is 13.8 Å². The van der Waals surface area contributed by atoms with E-state index in [0.717, 1.165) is 15.9 Å². The fraction of sp³-hybridized carbons (Fsp3) is 0.143. The Hall–Kier alpha value is -1.33. The average molecular weight is 230 g/mol. The molecule has 1 aromatic rings. The van der Waals surface area contributed by atoms with Crippen molar-refractivity contribution in [3.63, 3.8) is 0 Å². The van der Waals surface area contributed by atoms with Gasteiger partial charge in [-0.2, -0.15) is 0 Å². The van der Waals surface area contributed by atoms with Gasteiger partial charge in [0.1, 0.15) is 0 Å². The quantitative estimate of drug-likeness (QED) is 0.665. The summed E-state index contributed by atoms with van der Waals surface area (Å²) in [5.74, 6) is 0. The Kier molecular flexibility index (Phi) is 2.98. The summed E-state index contributed by atoms with van der Waals surface area (Å²) in [7, 11) is -2.32. The molecule has 0 amide bonds. The second kappa shape index (κ2) is 4.27. The van der Waals surface area contributed by atoms with E-state index in [1.807, 2.05) is 68.5 Å². The summed E-state index contributed by atoms with van der Waals surface area (Å²) < 4.78 is 12.6. The first-order chi connectivity index (χ1) is 7.82. The van der Waals surface area contributed by atoms with E-state index in [9.17, 15) is 4.57 Å². The zero-order chi connectivity index (χ0) is 11.6. The van der Waals surface area contributed by atoms with Crippen molar-refractivity contribution >= 4 is 12.4 Å². The van der Waals surface area contributed by atoms with Gasteiger partial charge in [0.2, 0.25) is 0 Å². The molecule has 0 N–H and O–H groups in total. The average Bonchev–Trinajstić information content (AvgIpc) is 2.42. The fourth-order valence-electron chi connectivity index (χ4n) is 1.90. The fourth-order valence-corrected chi connectivity index (χ4v) is 4.42. The van der Waals surface area contributed by atoms with E-state index in [0.29, 0.717) is 0 Å². The largest absolute Gasteiger partial charge is 0.309 e. The number of rotatable bonds is 1. The molecule has 1 atom stereocenters. The lowest BCUT2D eigenvalue weighted by molar-refractivity contribution is 0.588. The zero-order valence-electron chi connectivity index (χ0n) is 9.55. The van der Waals surface area contributed by atoms with Crippen LogP contribution in [0.3, 0.4) is 0 Å². The summed E-state index contributed by atoms with van der Waals surface area (Å²) in [5, 5.41) is 2.93. The van der Waals surface area contributed by atoms with E-state index in [4.69, 9.17) is 0 Å². The molecular formula is C14H15OP. The molecule has 16 heavy (non-hydrogen) atoms. The maximum Gasteiger partial charge on any atom is 0.171 e. The van der Waals surface area contributed by atoms with E-state index >= 15 is 0 Å². The van der Waals surface area contributed by atoms with Crippen LogP contribution in [0.25, 0.3) is 0 Å². The first-order valence-electron chi connectivity index (χ1n) is 5.59. The molecule has 1 nitrogen and oxygen atoms in total. The number of hydrogen-bond donors (Lipinski definition) is 0. The Morgan fingerprint density at radius 1 is 1.00 bits per heavy atom. The first kappa shape index (κ1) is 11.2. The molecule has 2 bridgehead atoms. The van der Waals surface area contributed by atoms with Crippen LogP contribution in [0.15, 0.2) is 65.3 Å².